The maximum atomic E-state index is 12.6. The van der Waals surface area contributed by atoms with Gasteiger partial charge >= 0.3 is 5.97 Å². The fourth-order valence-electron chi connectivity index (χ4n) is 4.51. The van der Waals surface area contributed by atoms with Gasteiger partial charge in [0.1, 0.15) is 12.4 Å². The van der Waals surface area contributed by atoms with Gasteiger partial charge in [0.25, 0.3) is 0 Å². The van der Waals surface area contributed by atoms with Gasteiger partial charge in [0.15, 0.2) is 0 Å². The number of rotatable bonds is 10. The molecule has 1 atom stereocenters. The molecule has 0 aliphatic heterocycles. The Balaban J connectivity index is 1.62. The van der Waals surface area contributed by atoms with Gasteiger partial charge in [-0.05, 0) is 93.3 Å². The molecule has 0 amide bonds. The summed E-state index contributed by atoms with van der Waals surface area (Å²) in [6, 6.07) is 16.4. The molecule has 0 fully saturated rings. The molecule has 0 saturated heterocycles. The smallest absolute Gasteiger partial charge is 0.310 e. The van der Waals surface area contributed by atoms with E-state index in [1.807, 2.05) is 65.2 Å². The first-order valence-electron chi connectivity index (χ1n) is 13.3. The summed E-state index contributed by atoms with van der Waals surface area (Å²) < 4.78 is 25.9. The second kappa shape index (κ2) is 12.2. The molecule has 0 bridgehead atoms. The van der Waals surface area contributed by atoms with E-state index in [1.54, 1.807) is 6.92 Å². The van der Waals surface area contributed by atoms with Crippen molar-refractivity contribution in [2.24, 2.45) is 7.05 Å². The van der Waals surface area contributed by atoms with Gasteiger partial charge in [0.2, 0.25) is 0 Å². The van der Waals surface area contributed by atoms with E-state index >= 15 is 0 Å². The van der Waals surface area contributed by atoms with Gasteiger partial charge in [0, 0.05) is 69.3 Å². The lowest BCUT2D eigenvalue weighted by Crippen LogP contribution is -2.25. The van der Waals surface area contributed by atoms with Crippen molar-refractivity contribution < 1.29 is 18.5 Å². The topological polar surface area (TPSA) is 70.4 Å². The first-order chi connectivity index (χ1) is 18.5. The Morgan fingerprint density at radius 3 is 2.62 bits per heavy atom. The number of hydrogen-bond donors (Lipinski definition) is 0. The number of carbonyl (C=O) groups excluding carboxylic acids is 1. The number of pyridine rings is 1. The van der Waals surface area contributed by atoms with Crippen molar-refractivity contribution in [2.75, 3.05) is 12.4 Å². The van der Waals surface area contributed by atoms with Crippen molar-refractivity contribution in [2.45, 2.75) is 58.8 Å². The number of aryl methyl sites for hydroxylation is 3. The van der Waals surface area contributed by atoms with Crippen molar-refractivity contribution in [1.82, 2.24) is 9.55 Å². The van der Waals surface area contributed by atoms with Crippen LogP contribution in [0.15, 0.2) is 60.9 Å². The van der Waals surface area contributed by atoms with Crippen molar-refractivity contribution in [3.8, 4) is 16.9 Å². The number of carbonyl (C=O) groups is 1. The third-order valence-corrected chi connectivity index (χ3v) is 8.62. The molecule has 206 valence electrons. The zero-order valence-electron chi connectivity index (χ0n) is 23.7. The van der Waals surface area contributed by atoms with Crippen molar-refractivity contribution >= 4 is 27.7 Å². The van der Waals surface area contributed by atoms with Crippen molar-refractivity contribution in [3.05, 3.63) is 83.3 Å². The van der Waals surface area contributed by atoms with Crippen molar-refractivity contribution in [1.29, 1.82) is 0 Å². The van der Waals surface area contributed by atoms with Gasteiger partial charge in [-0.15, -0.1) is 0 Å². The number of benzene rings is 2. The van der Waals surface area contributed by atoms with Gasteiger partial charge in [-0.1, -0.05) is 12.1 Å². The lowest BCUT2D eigenvalue weighted by molar-refractivity contribution is -0.142. The SMILES string of the molecule is CCOC(=O)Cc1ccc(C)cc1OCc1cc(-c2ccnc(CC[S@@](=O)C(C)(C)C)c2)c2ccn(C)c2c1. The molecule has 2 heterocycles. The first-order valence-corrected chi connectivity index (χ1v) is 14.7. The molecule has 39 heavy (non-hydrogen) atoms. The van der Waals surface area contributed by atoms with Gasteiger partial charge in [-0.25, -0.2) is 0 Å². The number of hydrogen-bond acceptors (Lipinski definition) is 5. The highest BCUT2D eigenvalue weighted by molar-refractivity contribution is 7.86. The summed E-state index contributed by atoms with van der Waals surface area (Å²) in [4.78, 5) is 16.7. The minimum Gasteiger partial charge on any atom is -0.489 e. The Morgan fingerprint density at radius 2 is 1.87 bits per heavy atom. The van der Waals surface area contributed by atoms with Crippen LogP contribution in [0.1, 0.15) is 50.1 Å². The van der Waals surface area contributed by atoms with E-state index in [0.717, 1.165) is 44.4 Å². The monoisotopic (exact) mass is 546 g/mol. The van der Waals surface area contributed by atoms with Gasteiger partial charge < -0.3 is 14.0 Å². The maximum absolute atomic E-state index is 12.6. The molecule has 0 aliphatic rings. The third-order valence-electron chi connectivity index (χ3n) is 6.67. The molecule has 0 radical (unpaired) electrons. The lowest BCUT2D eigenvalue weighted by atomic mass is 9.99. The third kappa shape index (κ3) is 7.15. The van der Waals surface area contributed by atoms with E-state index in [0.29, 0.717) is 31.1 Å². The molecule has 0 unspecified atom stereocenters. The number of aromatic nitrogens is 2. The van der Waals surface area contributed by atoms with E-state index in [-0.39, 0.29) is 17.1 Å². The summed E-state index contributed by atoms with van der Waals surface area (Å²) in [5.41, 5.74) is 7.10. The summed E-state index contributed by atoms with van der Waals surface area (Å²) in [6.45, 7) is 10.5. The molecule has 0 saturated carbocycles. The van der Waals surface area contributed by atoms with E-state index in [2.05, 4.69) is 40.0 Å². The maximum Gasteiger partial charge on any atom is 0.310 e. The number of nitrogens with zero attached hydrogens (tertiary/aromatic N) is 2. The van der Waals surface area contributed by atoms with Crippen LogP contribution in [0.2, 0.25) is 0 Å². The van der Waals surface area contributed by atoms with E-state index < -0.39 is 10.8 Å². The van der Waals surface area contributed by atoms with Crippen molar-refractivity contribution in [3.63, 3.8) is 0 Å². The fourth-order valence-corrected chi connectivity index (χ4v) is 5.52. The van der Waals surface area contributed by atoms with Crippen LogP contribution in [0.5, 0.6) is 5.75 Å². The van der Waals surface area contributed by atoms with Crippen LogP contribution >= 0.6 is 0 Å². The Hall–Kier alpha value is -3.45. The second-order valence-corrected chi connectivity index (χ2v) is 13.2. The van der Waals surface area contributed by atoms with Crippen LogP contribution < -0.4 is 4.74 Å². The van der Waals surface area contributed by atoms with E-state index in [1.165, 1.54) is 0 Å². The van der Waals surface area contributed by atoms with Crippen LogP contribution in [0.25, 0.3) is 22.0 Å². The zero-order valence-corrected chi connectivity index (χ0v) is 24.6. The molecule has 4 aromatic rings. The molecule has 0 spiro atoms. The van der Waals surface area contributed by atoms with Crippen LogP contribution in [0, 0.1) is 6.92 Å². The van der Waals surface area contributed by atoms with Gasteiger partial charge in [-0.3, -0.25) is 14.0 Å². The van der Waals surface area contributed by atoms with Crippen LogP contribution in [0.4, 0.5) is 0 Å². The first kappa shape index (κ1) is 28.6. The van der Waals surface area contributed by atoms with Gasteiger partial charge in [0.05, 0.1) is 13.0 Å². The highest BCUT2D eigenvalue weighted by Gasteiger charge is 2.19. The molecule has 6 nitrogen and oxygen atoms in total. The average molecular weight is 547 g/mol. The molecular weight excluding hydrogens is 508 g/mol. The highest BCUT2D eigenvalue weighted by Crippen LogP contribution is 2.32. The lowest BCUT2D eigenvalue weighted by Gasteiger charge is -2.17. The predicted octanol–water partition coefficient (Wildman–Crippen LogP) is 6.32. The standard InChI is InChI=1S/C32H38N2O4S/c1-7-37-31(35)20-25-9-8-22(2)16-30(25)38-21-23-17-28(27-11-14-34(6)29(27)18-23)24-10-13-33-26(19-24)12-15-39(36)32(3,4)5/h8-11,13-14,16-19H,7,12,15,20-21H2,1-6H3/t39-/m1/s1. The summed E-state index contributed by atoms with van der Waals surface area (Å²) in [5.74, 6) is 1.01. The molecule has 0 aliphatic carbocycles. The Labute approximate surface area is 233 Å². The Bertz CT molecular complexity index is 1500. The normalized spacial score (nSPS) is 12.5. The second-order valence-electron chi connectivity index (χ2n) is 10.8. The molecule has 2 aromatic carbocycles. The largest absolute Gasteiger partial charge is 0.489 e. The number of fused-ring (bicyclic) bond motifs is 1. The average Bonchev–Trinajstić information content (AvgIpc) is 3.27. The van der Waals surface area contributed by atoms with Crippen LogP contribution in [-0.2, 0) is 46.8 Å². The van der Waals surface area contributed by atoms with Crippen LogP contribution in [0.3, 0.4) is 0 Å². The summed E-state index contributed by atoms with van der Waals surface area (Å²) in [5, 5.41) is 1.15. The Morgan fingerprint density at radius 1 is 1.08 bits per heavy atom. The van der Waals surface area contributed by atoms with E-state index in [9.17, 15) is 9.00 Å². The number of esters is 1. The highest BCUT2D eigenvalue weighted by atomic mass is 32.2. The Kier molecular flexibility index (Phi) is 8.90. The van der Waals surface area contributed by atoms with Gasteiger partial charge in [-0.2, -0.15) is 0 Å². The molecule has 4 rings (SSSR count). The summed E-state index contributed by atoms with van der Waals surface area (Å²) in [7, 11) is 1.11. The molecule has 7 heteroatoms. The van der Waals surface area contributed by atoms with Crippen LogP contribution in [-0.4, -0.2) is 36.8 Å². The fraction of sp³-hybridized carbons (Fsp3) is 0.375. The van der Waals surface area contributed by atoms with E-state index in [4.69, 9.17) is 9.47 Å². The zero-order chi connectivity index (χ0) is 28.2. The number of ether oxygens (including phenoxy) is 2. The minimum atomic E-state index is -0.930. The summed E-state index contributed by atoms with van der Waals surface area (Å²) >= 11 is 0. The predicted molar refractivity (Wildman–Crippen MR) is 158 cm³/mol. The molecular formula is C32H38N2O4S. The quantitative estimate of drug-likeness (QED) is 0.218. The minimum absolute atomic E-state index is 0.172. The molecule has 2 aromatic heterocycles. The summed E-state index contributed by atoms with van der Waals surface area (Å²) in [6.07, 6.45) is 4.73. The molecule has 0 N–H and O–H groups in total.